The van der Waals surface area contributed by atoms with Gasteiger partial charge in [-0.25, -0.2) is 0 Å². The summed E-state index contributed by atoms with van der Waals surface area (Å²) in [7, 11) is 0. The van der Waals surface area contributed by atoms with Crippen LogP contribution in [0.25, 0.3) is 10.9 Å². The zero-order chi connectivity index (χ0) is 19.9. The summed E-state index contributed by atoms with van der Waals surface area (Å²) < 4.78 is 41.0. The van der Waals surface area contributed by atoms with E-state index in [0.717, 1.165) is 22.9 Å². The Kier molecular flexibility index (Phi) is 4.87. The fraction of sp³-hybridized carbons (Fsp3) is 0.118. The standard InChI is InChI=1S/C17H12ClF3N2O4/c18-13-5-4-9(6-14(13)23(26)27)16(25)22-7-10(8-24)11-2-1-3-12(15(11)22)17(19,20)21/h1-7,24,26-27H,8H2. The number of nitrogens with zero attached hydrogens (tertiary/aromatic N) is 2. The molecule has 1 heterocycles. The van der Waals surface area contributed by atoms with Gasteiger partial charge in [0.25, 0.3) is 5.91 Å². The van der Waals surface area contributed by atoms with Crippen molar-refractivity contribution in [3.8, 4) is 0 Å². The van der Waals surface area contributed by atoms with Crippen LogP contribution < -0.4 is 5.23 Å². The number of aliphatic hydroxyl groups is 1. The first-order valence-electron chi connectivity index (χ1n) is 7.48. The molecule has 0 saturated heterocycles. The van der Waals surface area contributed by atoms with Crippen molar-refractivity contribution in [1.82, 2.24) is 4.57 Å². The minimum Gasteiger partial charge on any atom is -0.392 e. The lowest BCUT2D eigenvalue weighted by molar-refractivity contribution is -0.136. The van der Waals surface area contributed by atoms with Gasteiger partial charge in [-0.3, -0.25) is 19.8 Å². The Morgan fingerprint density at radius 3 is 2.48 bits per heavy atom. The number of fused-ring (bicyclic) bond motifs is 1. The van der Waals surface area contributed by atoms with E-state index in [2.05, 4.69) is 0 Å². The third-order valence-electron chi connectivity index (χ3n) is 4.01. The predicted octanol–water partition coefficient (Wildman–Crippen LogP) is 4.08. The first-order chi connectivity index (χ1) is 12.6. The molecular weight excluding hydrogens is 389 g/mol. The number of aliphatic hydroxyl groups excluding tert-OH is 1. The van der Waals surface area contributed by atoms with Crippen LogP contribution >= 0.6 is 11.6 Å². The number of carbonyl (C=O) groups is 1. The summed E-state index contributed by atoms with van der Waals surface area (Å²) in [5.74, 6) is -0.865. The van der Waals surface area contributed by atoms with E-state index in [1.54, 1.807) is 0 Å². The van der Waals surface area contributed by atoms with Gasteiger partial charge in [0.15, 0.2) is 0 Å². The van der Waals surface area contributed by atoms with Crippen LogP contribution in [-0.4, -0.2) is 26.0 Å². The molecular formula is C17H12ClF3N2O4. The maximum Gasteiger partial charge on any atom is 0.418 e. The maximum atomic E-state index is 13.4. The van der Waals surface area contributed by atoms with Crippen molar-refractivity contribution in [3.05, 3.63) is 64.3 Å². The zero-order valence-corrected chi connectivity index (χ0v) is 14.2. The van der Waals surface area contributed by atoms with Crippen molar-refractivity contribution < 1.29 is 33.5 Å². The Morgan fingerprint density at radius 1 is 1.19 bits per heavy atom. The third kappa shape index (κ3) is 3.37. The average Bonchev–Trinajstić information content (AvgIpc) is 2.99. The number of para-hydroxylation sites is 1. The monoisotopic (exact) mass is 400 g/mol. The van der Waals surface area contributed by atoms with Gasteiger partial charge in [-0.2, -0.15) is 13.2 Å². The highest BCUT2D eigenvalue weighted by Gasteiger charge is 2.35. The SMILES string of the molecule is O=C(c1ccc(Cl)c(N(O)O)c1)n1cc(CO)c2cccc(C(F)(F)F)c21. The normalized spacial score (nSPS) is 11.8. The van der Waals surface area contributed by atoms with E-state index < -0.39 is 29.8 Å². The van der Waals surface area contributed by atoms with Gasteiger partial charge in [0.05, 0.1) is 22.7 Å². The number of hydrogen-bond acceptors (Lipinski definition) is 5. The quantitative estimate of drug-likeness (QED) is 0.577. The highest BCUT2D eigenvalue weighted by atomic mass is 35.5. The lowest BCUT2D eigenvalue weighted by atomic mass is 10.1. The van der Waals surface area contributed by atoms with Gasteiger partial charge in [0.2, 0.25) is 0 Å². The van der Waals surface area contributed by atoms with E-state index in [1.165, 1.54) is 24.3 Å². The van der Waals surface area contributed by atoms with Gasteiger partial charge in [-0.1, -0.05) is 23.7 Å². The van der Waals surface area contributed by atoms with Crippen LogP contribution in [0, 0.1) is 0 Å². The van der Waals surface area contributed by atoms with Crippen molar-refractivity contribution in [2.75, 3.05) is 5.23 Å². The number of halogens is 4. The number of anilines is 1. The molecule has 0 fully saturated rings. The number of carbonyl (C=O) groups excluding carboxylic acids is 1. The number of hydrogen-bond donors (Lipinski definition) is 3. The van der Waals surface area contributed by atoms with Crippen molar-refractivity contribution in [2.45, 2.75) is 12.8 Å². The Balaban J connectivity index is 2.25. The maximum absolute atomic E-state index is 13.4. The molecule has 3 N–H and O–H groups in total. The summed E-state index contributed by atoms with van der Waals surface area (Å²) in [5.41, 5.74) is -1.75. The smallest absolute Gasteiger partial charge is 0.392 e. The molecule has 1 aromatic heterocycles. The molecule has 0 bridgehead atoms. The molecule has 3 rings (SSSR count). The van der Waals surface area contributed by atoms with E-state index in [1.807, 2.05) is 0 Å². The van der Waals surface area contributed by atoms with Crippen LogP contribution in [0.4, 0.5) is 18.9 Å². The van der Waals surface area contributed by atoms with Crippen molar-refractivity contribution >= 4 is 34.1 Å². The Labute approximate surface area is 155 Å². The molecule has 3 aromatic rings. The number of benzene rings is 2. The summed E-state index contributed by atoms with van der Waals surface area (Å²) in [6.45, 7) is -0.564. The second-order valence-electron chi connectivity index (χ2n) is 5.64. The molecule has 0 aliphatic heterocycles. The highest BCUT2D eigenvalue weighted by molar-refractivity contribution is 6.33. The lowest BCUT2D eigenvalue weighted by Gasteiger charge is -2.13. The third-order valence-corrected chi connectivity index (χ3v) is 4.33. The molecule has 2 aromatic carbocycles. The highest BCUT2D eigenvalue weighted by Crippen LogP contribution is 2.37. The van der Waals surface area contributed by atoms with Gasteiger partial charge in [-0.15, -0.1) is 5.23 Å². The number of alkyl halides is 3. The summed E-state index contributed by atoms with van der Waals surface area (Å²) in [6.07, 6.45) is -3.60. The van der Waals surface area contributed by atoms with Crippen LogP contribution in [0.5, 0.6) is 0 Å². The van der Waals surface area contributed by atoms with Crippen LogP contribution in [0.2, 0.25) is 5.02 Å². The second kappa shape index (κ2) is 6.86. The molecule has 0 spiro atoms. The molecule has 0 aliphatic rings. The molecule has 10 heteroatoms. The van der Waals surface area contributed by atoms with Crippen molar-refractivity contribution in [2.24, 2.45) is 0 Å². The Morgan fingerprint density at radius 2 is 1.89 bits per heavy atom. The van der Waals surface area contributed by atoms with E-state index >= 15 is 0 Å². The van der Waals surface area contributed by atoms with Gasteiger partial charge in [-0.05, 0) is 24.3 Å². The topological polar surface area (TPSA) is 85.9 Å². The molecule has 0 aliphatic carbocycles. The summed E-state index contributed by atoms with van der Waals surface area (Å²) in [4.78, 5) is 12.8. The fourth-order valence-electron chi connectivity index (χ4n) is 2.81. The molecule has 6 nitrogen and oxygen atoms in total. The van der Waals surface area contributed by atoms with Crippen LogP contribution in [0.15, 0.2) is 42.6 Å². The second-order valence-corrected chi connectivity index (χ2v) is 6.05. The number of aromatic nitrogens is 1. The van der Waals surface area contributed by atoms with Gasteiger partial charge < -0.3 is 5.11 Å². The molecule has 0 radical (unpaired) electrons. The Bertz CT molecular complexity index is 1030. The Hall–Kier alpha value is -2.59. The molecule has 0 saturated carbocycles. The largest absolute Gasteiger partial charge is 0.418 e. The van der Waals surface area contributed by atoms with E-state index in [4.69, 9.17) is 22.0 Å². The van der Waals surface area contributed by atoms with Gasteiger partial charge in [0.1, 0.15) is 5.69 Å². The van der Waals surface area contributed by atoms with Gasteiger partial charge >= 0.3 is 6.18 Å². The fourth-order valence-corrected chi connectivity index (χ4v) is 3.00. The predicted molar refractivity (Wildman–Crippen MR) is 90.1 cm³/mol. The first-order valence-corrected chi connectivity index (χ1v) is 7.86. The summed E-state index contributed by atoms with van der Waals surface area (Å²) in [5, 5.41) is 27.5. The first kappa shape index (κ1) is 19.2. The number of rotatable bonds is 3. The molecule has 0 amide bonds. The molecule has 0 unspecified atom stereocenters. The molecule has 0 atom stereocenters. The minimum absolute atomic E-state index is 0.0825. The zero-order valence-electron chi connectivity index (χ0n) is 13.4. The van der Waals surface area contributed by atoms with E-state index in [0.29, 0.717) is 0 Å². The average molecular weight is 401 g/mol. The summed E-state index contributed by atoms with van der Waals surface area (Å²) in [6, 6.07) is 6.85. The minimum atomic E-state index is -4.72. The van der Waals surface area contributed by atoms with Crippen molar-refractivity contribution in [3.63, 3.8) is 0 Å². The summed E-state index contributed by atoms with van der Waals surface area (Å²) >= 11 is 5.79. The molecule has 142 valence electrons. The van der Waals surface area contributed by atoms with E-state index in [-0.39, 0.29) is 32.4 Å². The van der Waals surface area contributed by atoms with Crippen LogP contribution in [0.3, 0.4) is 0 Å². The van der Waals surface area contributed by atoms with Crippen LogP contribution in [-0.2, 0) is 12.8 Å². The lowest BCUT2D eigenvalue weighted by Crippen LogP contribution is -2.16. The molecule has 27 heavy (non-hydrogen) atoms. The van der Waals surface area contributed by atoms with Crippen LogP contribution in [0.1, 0.15) is 21.5 Å². The van der Waals surface area contributed by atoms with Gasteiger partial charge in [0, 0.05) is 22.7 Å². The van der Waals surface area contributed by atoms with Crippen molar-refractivity contribution in [1.29, 1.82) is 0 Å². The van der Waals surface area contributed by atoms with E-state index in [9.17, 15) is 23.1 Å².